The van der Waals surface area contributed by atoms with Crippen LogP contribution in [0.5, 0.6) is 11.5 Å². The number of amides is 1. The lowest BCUT2D eigenvalue weighted by molar-refractivity contribution is 0.0952. The van der Waals surface area contributed by atoms with E-state index >= 15 is 0 Å². The molecule has 0 saturated carbocycles. The Morgan fingerprint density at radius 2 is 2.11 bits per heavy atom. The van der Waals surface area contributed by atoms with Crippen molar-refractivity contribution < 1.29 is 14.3 Å². The second-order valence-electron chi connectivity index (χ2n) is 4.54. The van der Waals surface area contributed by atoms with Crippen molar-refractivity contribution in [3.05, 3.63) is 23.8 Å². The van der Waals surface area contributed by atoms with E-state index in [1.54, 1.807) is 18.2 Å². The molecule has 0 radical (unpaired) electrons. The number of carbonyl (C=O) groups excluding carboxylic acids is 1. The minimum atomic E-state index is -0.153. The van der Waals surface area contributed by atoms with Crippen LogP contribution < -0.4 is 14.8 Å². The van der Waals surface area contributed by atoms with Gasteiger partial charge in [0, 0.05) is 12.1 Å². The van der Waals surface area contributed by atoms with E-state index < -0.39 is 0 Å². The highest BCUT2D eigenvalue weighted by Crippen LogP contribution is 2.32. The number of ether oxygens (including phenoxy) is 2. The fourth-order valence-corrected chi connectivity index (χ4v) is 1.64. The summed E-state index contributed by atoms with van der Waals surface area (Å²) < 4.78 is 10.4. The predicted octanol–water partition coefficient (Wildman–Crippen LogP) is 2.41. The number of halogens is 1. The maximum atomic E-state index is 11.9. The zero-order valence-electron chi connectivity index (χ0n) is 10.4. The van der Waals surface area contributed by atoms with E-state index in [0.717, 1.165) is 0 Å². The molecule has 18 heavy (non-hydrogen) atoms. The number of hydrogen-bond acceptors (Lipinski definition) is 3. The first-order valence-corrected chi connectivity index (χ1v) is 6.33. The molecule has 4 nitrogen and oxygen atoms in total. The van der Waals surface area contributed by atoms with Crippen molar-refractivity contribution >= 4 is 17.5 Å². The van der Waals surface area contributed by atoms with Crippen molar-refractivity contribution in [2.75, 3.05) is 13.3 Å². The molecule has 0 bridgehead atoms. The van der Waals surface area contributed by atoms with E-state index in [9.17, 15) is 4.79 Å². The van der Waals surface area contributed by atoms with Crippen LogP contribution in [-0.4, -0.2) is 24.6 Å². The molecule has 0 saturated heterocycles. The predicted molar refractivity (Wildman–Crippen MR) is 69.4 cm³/mol. The summed E-state index contributed by atoms with van der Waals surface area (Å²) in [5.74, 6) is 1.45. The van der Waals surface area contributed by atoms with Gasteiger partial charge in [-0.15, -0.1) is 11.6 Å². The van der Waals surface area contributed by atoms with Gasteiger partial charge in [0.1, 0.15) is 0 Å². The molecule has 0 aliphatic carbocycles. The Labute approximate surface area is 111 Å². The fraction of sp³-hybridized carbons (Fsp3) is 0.462. The smallest absolute Gasteiger partial charge is 0.251 e. The average molecular weight is 270 g/mol. The van der Waals surface area contributed by atoms with Crippen molar-refractivity contribution in [1.29, 1.82) is 0 Å². The van der Waals surface area contributed by atoms with Gasteiger partial charge in [0.25, 0.3) is 5.91 Å². The molecule has 1 atom stereocenters. The Morgan fingerprint density at radius 3 is 2.83 bits per heavy atom. The molecule has 1 aliphatic heterocycles. The molecule has 1 unspecified atom stereocenters. The molecule has 98 valence electrons. The summed E-state index contributed by atoms with van der Waals surface area (Å²) in [6.45, 7) is 4.69. The van der Waals surface area contributed by atoms with Gasteiger partial charge >= 0.3 is 0 Å². The summed E-state index contributed by atoms with van der Waals surface area (Å²) in [6.07, 6.45) is 0. The topological polar surface area (TPSA) is 47.6 Å². The summed E-state index contributed by atoms with van der Waals surface area (Å²) in [4.78, 5) is 11.9. The van der Waals surface area contributed by atoms with Crippen LogP contribution in [0.2, 0.25) is 0 Å². The van der Waals surface area contributed by atoms with Gasteiger partial charge in [0.05, 0.1) is 5.38 Å². The van der Waals surface area contributed by atoms with Crippen molar-refractivity contribution in [2.24, 2.45) is 5.92 Å². The Balaban J connectivity index is 1.97. The van der Waals surface area contributed by atoms with Gasteiger partial charge in [-0.25, -0.2) is 0 Å². The quantitative estimate of drug-likeness (QED) is 0.854. The molecular weight excluding hydrogens is 254 g/mol. The third kappa shape index (κ3) is 2.88. The molecule has 1 aromatic rings. The Bertz CT molecular complexity index is 448. The first-order valence-electron chi connectivity index (χ1n) is 5.90. The van der Waals surface area contributed by atoms with E-state index in [0.29, 0.717) is 29.5 Å². The van der Waals surface area contributed by atoms with Gasteiger partial charge in [0.2, 0.25) is 6.79 Å². The molecule has 1 aliphatic rings. The summed E-state index contributed by atoms with van der Waals surface area (Å²) in [6, 6.07) is 5.12. The van der Waals surface area contributed by atoms with Crippen molar-refractivity contribution in [3.8, 4) is 11.5 Å². The van der Waals surface area contributed by atoms with E-state index in [-0.39, 0.29) is 18.1 Å². The molecule has 0 spiro atoms. The van der Waals surface area contributed by atoms with Crippen molar-refractivity contribution in [2.45, 2.75) is 19.2 Å². The Hall–Kier alpha value is -1.42. The number of carbonyl (C=O) groups is 1. The number of alkyl halides is 1. The van der Waals surface area contributed by atoms with Crippen LogP contribution in [0.15, 0.2) is 18.2 Å². The molecule has 5 heteroatoms. The zero-order chi connectivity index (χ0) is 13.1. The summed E-state index contributed by atoms with van der Waals surface area (Å²) >= 11 is 6.08. The van der Waals surface area contributed by atoms with Gasteiger partial charge in [-0.3, -0.25) is 4.79 Å². The monoisotopic (exact) mass is 269 g/mol. The van der Waals surface area contributed by atoms with Crippen LogP contribution in [0.25, 0.3) is 0 Å². The molecule has 1 N–H and O–H groups in total. The number of nitrogens with one attached hydrogen (secondary N) is 1. The number of fused-ring (bicyclic) bond motifs is 1. The molecular formula is C13H16ClNO3. The lowest BCUT2D eigenvalue weighted by Crippen LogP contribution is -2.31. The third-order valence-corrected chi connectivity index (χ3v) is 3.47. The zero-order valence-corrected chi connectivity index (χ0v) is 11.2. The number of benzene rings is 1. The Kier molecular flexibility index (Phi) is 3.97. The standard InChI is InChI=1S/C13H16ClNO3/c1-8(2)10(14)6-15-13(16)9-3-4-11-12(5-9)18-7-17-11/h3-5,8,10H,6-7H2,1-2H3,(H,15,16). The second-order valence-corrected chi connectivity index (χ2v) is 5.10. The van der Waals surface area contributed by atoms with Gasteiger partial charge < -0.3 is 14.8 Å². The SMILES string of the molecule is CC(C)C(Cl)CNC(=O)c1ccc2c(c1)OCO2. The second kappa shape index (κ2) is 5.48. The average Bonchev–Trinajstić information content (AvgIpc) is 2.82. The van der Waals surface area contributed by atoms with Crippen LogP contribution in [0.3, 0.4) is 0 Å². The van der Waals surface area contributed by atoms with E-state index in [1.807, 2.05) is 13.8 Å². The summed E-state index contributed by atoms with van der Waals surface area (Å²) in [5, 5.41) is 2.74. The minimum absolute atomic E-state index is 0.0667. The maximum absolute atomic E-state index is 11.9. The lowest BCUT2D eigenvalue weighted by atomic mass is 10.1. The van der Waals surface area contributed by atoms with Gasteiger partial charge in [-0.05, 0) is 24.1 Å². The third-order valence-electron chi connectivity index (χ3n) is 2.82. The fourth-order valence-electron chi connectivity index (χ4n) is 1.57. The van der Waals surface area contributed by atoms with Crippen LogP contribution in [0, 0.1) is 5.92 Å². The number of hydrogen-bond donors (Lipinski definition) is 1. The highest BCUT2D eigenvalue weighted by molar-refractivity contribution is 6.21. The van der Waals surface area contributed by atoms with Gasteiger partial charge in [0.15, 0.2) is 11.5 Å². The maximum Gasteiger partial charge on any atom is 0.251 e. The van der Waals surface area contributed by atoms with E-state index in [1.165, 1.54) is 0 Å². The van der Waals surface area contributed by atoms with Crippen LogP contribution in [-0.2, 0) is 0 Å². The summed E-state index contributed by atoms with van der Waals surface area (Å²) in [5.41, 5.74) is 0.548. The first-order chi connectivity index (χ1) is 8.58. The largest absolute Gasteiger partial charge is 0.454 e. The lowest BCUT2D eigenvalue weighted by Gasteiger charge is -2.14. The van der Waals surface area contributed by atoms with E-state index in [2.05, 4.69) is 5.32 Å². The van der Waals surface area contributed by atoms with Gasteiger partial charge in [-0.2, -0.15) is 0 Å². The van der Waals surface area contributed by atoms with Gasteiger partial charge in [-0.1, -0.05) is 13.8 Å². The van der Waals surface area contributed by atoms with Crippen LogP contribution in [0.1, 0.15) is 24.2 Å². The highest BCUT2D eigenvalue weighted by Gasteiger charge is 2.17. The highest BCUT2D eigenvalue weighted by atomic mass is 35.5. The molecule has 2 rings (SSSR count). The normalized spacial score (nSPS) is 14.7. The number of rotatable bonds is 4. The summed E-state index contributed by atoms with van der Waals surface area (Å²) in [7, 11) is 0. The van der Waals surface area contributed by atoms with Crippen LogP contribution >= 0.6 is 11.6 Å². The Morgan fingerprint density at radius 1 is 1.39 bits per heavy atom. The minimum Gasteiger partial charge on any atom is -0.454 e. The molecule has 0 fully saturated rings. The molecule has 1 heterocycles. The van der Waals surface area contributed by atoms with Crippen molar-refractivity contribution in [3.63, 3.8) is 0 Å². The molecule has 0 aromatic heterocycles. The molecule has 1 amide bonds. The van der Waals surface area contributed by atoms with Crippen LogP contribution in [0.4, 0.5) is 0 Å². The van der Waals surface area contributed by atoms with Crippen molar-refractivity contribution in [1.82, 2.24) is 5.32 Å². The molecule has 1 aromatic carbocycles. The first kappa shape index (κ1) is 13.0. The van der Waals surface area contributed by atoms with E-state index in [4.69, 9.17) is 21.1 Å².